The third-order valence-corrected chi connectivity index (χ3v) is 9.42. The molecular weight excluding hydrogens is 512 g/mol. The van der Waals surface area contributed by atoms with E-state index in [4.69, 9.17) is 0 Å². The summed E-state index contributed by atoms with van der Waals surface area (Å²) in [7, 11) is 3.76. The highest BCUT2D eigenvalue weighted by atomic mass is 16.3. The van der Waals surface area contributed by atoms with Gasteiger partial charge in [0.15, 0.2) is 17.2 Å². The SMILES string of the molecule is CC(=O)C1=C(O)[C@@]2(O)C(=O)C3=C(O)c4c(O)c(CN5CC6C=CC=CC6C5)cc(N(C)C)c4C[C@H]3C[C@H]2CC1=O. The third kappa shape index (κ3) is 3.71. The summed E-state index contributed by atoms with van der Waals surface area (Å²) in [5.74, 6) is -4.41. The van der Waals surface area contributed by atoms with E-state index in [1.807, 2.05) is 25.1 Å². The lowest BCUT2D eigenvalue weighted by atomic mass is 9.59. The Bertz CT molecular complexity index is 1460. The Morgan fingerprint density at radius 3 is 2.33 bits per heavy atom. The quantitative estimate of drug-likeness (QED) is 0.420. The maximum atomic E-state index is 13.9. The molecule has 9 heteroatoms. The number of hydrogen-bond acceptors (Lipinski definition) is 9. The van der Waals surface area contributed by atoms with Crippen LogP contribution in [-0.2, 0) is 27.3 Å². The predicted octanol–water partition coefficient (Wildman–Crippen LogP) is 2.77. The largest absolute Gasteiger partial charge is 0.508 e. The van der Waals surface area contributed by atoms with E-state index in [2.05, 4.69) is 29.2 Å². The molecule has 1 aromatic carbocycles. The van der Waals surface area contributed by atoms with Gasteiger partial charge in [-0.05, 0) is 49.1 Å². The first kappa shape index (κ1) is 26.5. The number of rotatable bonds is 4. The highest BCUT2D eigenvalue weighted by molar-refractivity contribution is 6.23. The molecular formula is C31H34N2O7. The maximum absolute atomic E-state index is 13.9. The van der Waals surface area contributed by atoms with Crippen molar-refractivity contribution in [3.8, 4) is 5.75 Å². The summed E-state index contributed by atoms with van der Waals surface area (Å²) in [4.78, 5) is 42.8. The summed E-state index contributed by atoms with van der Waals surface area (Å²) in [6, 6.07) is 1.93. The molecule has 0 radical (unpaired) electrons. The second kappa shape index (κ2) is 9.17. The first-order valence-electron chi connectivity index (χ1n) is 13.7. The molecule has 1 aromatic rings. The van der Waals surface area contributed by atoms with E-state index in [1.165, 1.54) is 0 Å². The summed E-state index contributed by atoms with van der Waals surface area (Å²) in [6.07, 6.45) is 8.70. The molecule has 2 unspecified atom stereocenters. The van der Waals surface area contributed by atoms with Crippen LogP contribution < -0.4 is 4.90 Å². The molecule has 0 spiro atoms. The van der Waals surface area contributed by atoms with Gasteiger partial charge in [0, 0.05) is 62.9 Å². The highest BCUT2D eigenvalue weighted by Gasteiger charge is 2.60. The number of anilines is 1. The summed E-state index contributed by atoms with van der Waals surface area (Å²) < 4.78 is 0. The molecule has 4 aliphatic carbocycles. The Kier molecular flexibility index (Phi) is 6.08. The van der Waals surface area contributed by atoms with E-state index in [0.29, 0.717) is 35.9 Å². The lowest BCUT2D eigenvalue weighted by Crippen LogP contribution is -2.57. The summed E-state index contributed by atoms with van der Waals surface area (Å²) in [6.45, 7) is 3.23. The summed E-state index contributed by atoms with van der Waals surface area (Å²) in [5, 5.41) is 45.5. The number of carbonyl (C=O) groups excluding carboxylic acids is 3. The van der Waals surface area contributed by atoms with Crippen LogP contribution in [-0.4, -0.2) is 75.5 Å². The lowest BCUT2D eigenvalue weighted by molar-refractivity contribution is -0.147. The van der Waals surface area contributed by atoms with E-state index in [0.717, 1.165) is 25.7 Å². The van der Waals surface area contributed by atoms with Crippen molar-refractivity contribution in [3.63, 3.8) is 0 Å². The van der Waals surface area contributed by atoms with E-state index < -0.39 is 51.9 Å². The molecule has 210 valence electrons. The molecule has 1 heterocycles. The molecule has 6 rings (SSSR count). The Balaban J connectivity index is 1.45. The van der Waals surface area contributed by atoms with Gasteiger partial charge in [-0.3, -0.25) is 19.3 Å². The number of Topliss-reactive ketones (excluding diaryl/α,β-unsaturated/α-hetero) is 3. The van der Waals surface area contributed by atoms with Crippen LogP contribution in [0, 0.1) is 23.7 Å². The van der Waals surface area contributed by atoms with Crippen molar-refractivity contribution in [3.05, 3.63) is 64.0 Å². The number of benzene rings is 1. The first-order valence-corrected chi connectivity index (χ1v) is 13.7. The van der Waals surface area contributed by atoms with Crippen LogP contribution in [0.4, 0.5) is 5.69 Å². The number of aliphatic hydroxyl groups excluding tert-OH is 2. The van der Waals surface area contributed by atoms with Crippen LogP contribution in [0.3, 0.4) is 0 Å². The smallest absolute Gasteiger partial charge is 0.202 e. The van der Waals surface area contributed by atoms with Crippen molar-refractivity contribution < 1.29 is 34.8 Å². The second-order valence-corrected chi connectivity index (χ2v) is 12.0. The van der Waals surface area contributed by atoms with Gasteiger partial charge in [-0.2, -0.15) is 0 Å². The van der Waals surface area contributed by atoms with Gasteiger partial charge in [0.1, 0.15) is 22.8 Å². The van der Waals surface area contributed by atoms with Crippen molar-refractivity contribution >= 4 is 28.8 Å². The molecule has 1 saturated heterocycles. The van der Waals surface area contributed by atoms with E-state index >= 15 is 0 Å². The molecule has 0 aromatic heterocycles. The van der Waals surface area contributed by atoms with Gasteiger partial charge in [0.05, 0.1) is 5.56 Å². The minimum Gasteiger partial charge on any atom is -0.508 e. The van der Waals surface area contributed by atoms with Crippen LogP contribution in [0.25, 0.3) is 5.76 Å². The minimum atomic E-state index is -2.49. The number of hydrogen-bond donors (Lipinski definition) is 4. The number of phenolic OH excluding ortho intramolecular Hbond substituents is 1. The third-order valence-electron chi connectivity index (χ3n) is 9.42. The molecule has 40 heavy (non-hydrogen) atoms. The molecule has 2 fully saturated rings. The minimum absolute atomic E-state index is 0.0883. The number of fused-ring (bicyclic) bond motifs is 4. The van der Waals surface area contributed by atoms with Gasteiger partial charge >= 0.3 is 0 Å². The van der Waals surface area contributed by atoms with Gasteiger partial charge in [-0.25, -0.2) is 0 Å². The van der Waals surface area contributed by atoms with Gasteiger partial charge in [-0.15, -0.1) is 0 Å². The highest BCUT2D eigenvalue weighted by Crippen LogP contribution is 2.53. The zero-order chi connectivity index (χ0) is 28.7. The van der Waals surface area contributed by atoms with Gasteiger partial charge in [-0.1, -0.05) is 24.3 Å². The fourth-order valence-electron chi connectivity index (χ4n) is 7.48. The predicted molar refractivity (Wildman–Crippen MR) is 148 cm³/mol. The zero-order valence-corrected chi connectivity index (χ0v) is 22.8. The molecule has 4 N–H and O–H groups in total. The summed E-state index contributed by atoms with van der Waals surface area (Å²) >= 11 is 0. The normalized spacial score (nSPS) is 31.2. The molecule has 1 saturated carbocycles. The molecule has 5 atom stereocenters. The van der Waals surface area contributed by atoms with Gasteiger partial charge in [0.2, 0.25) is 5.78 Å². The van der Waals surface area contributed by atoms with Crippen LogP contribution in [0.5, 0.6) is 5.75 Å². The monoisotopic (exact) mass is 546 g/mol. The lowest BCUT2D eigenvalue weighted by Gasteiger charge is -2.46. The Labute approximate surface area is 232 Å². The molecule has 5 aliphatic rings. The first-order chi connectivity index (χ1) is 18.9. The standard InChI is InChI=1S/C31H34N2O7/c1-15(34)24-23(35)11-20-8-18-9-21-22(32(2)3)10-19(14-33-12-16-6-4-5-7-17(16)13-33)27(36)26(21)28(37)25(18)30(39)31(20,40)29(24)38/h4-7,10,16-18,20,36-38,40H,8-9,11-14H2,1-3H3/t16?,17?,18-,20+,31-/m1/s1. The molecule has 1 aliphatic heterocycles. The zero-order valence-electron chi connectivity index (χ0n) is 22.8. The van der Waals surface area contributed by atoms with Crippen LogP contribution in [0.1, 0.15) is 36.5 Å². The number of aromatic hydroxyl groups is 1. The van der Waals surface area contributed by atoms with Crippen LogP contribution >= 0.6 is 0 Å². The topological polar surface area (TPSA) is 139 Å². The number of allylic oxidation sites excluding steroid dienone is 3. The molecule has 0 bridgehead atoms. The average molecular weight is 547 g/mol. The number of aliphatic hydroxyl groups is 3. The van der Waals surface area contributed by atoms with Crippen molar-refractivity contribution in [2.45, 2.75) is 38.3 Å². The maximum Gasteiger partial charge on any atom is 0.202 e. The van der Waals surface area contributed by atoms with Crippen molar-refractivity contribution in [1.82, 2.24) is 4.90 Å². The van der Waals surface area contributed by atoms with Crippen LogP contribution in [0.2, 0.25) is 0 Å². The number of likely N-dealkylation sites (tertiary alicyclic amines) is 1. The van der Waals surface area contributed by atoms with Crippen molar-refractivity contribution in [2.24, 2.45) is 23.7 Å². The van der Waals surface area contributed by atoms with Gasteiger partial charge in [0.25, 0.3) is 0 Å². The number of nitrogens with zero attached hydrogens (tertiary/aromatic N) is 2. The fraction of sp³-hybridized carbons (Fsp3) is 0.452. The Morgan fingerprint density at radius 1 is 1.07 bits per heavy atom. The van der Waals surface area contributed by atoms with Crippen molar-refractivity contribution in [2.75, 3.05) is 32.1 Å². The number of carbonyl (C=O) groups is 3. The number of phenols is 1. The second-order valence-electron chi connectivity index (χ2n) is 12.0. The van der Waals surface area contributed by atoms with Gasteiger partial charge < -0.3 is 25.3 Å². The van der Waals surface area contributed by atoms with Crippen molar-refractivity contribution in [1.29, 1.82) is 0 Å². The van der Waals surface area contributed by atoms with Crippen LogP contribution in [0.15, 0.2) is 47.3 Å². The van der Waals surface area contributed by atoms with E-state index in [-0.39, 0.29) is 29.7 Å². The Morgan fingerprint density at radius 2 is 1.73 bits per heavy atom. The Hall–Kier alpha value is -3.69. The average Bonchev–Trinajstić information content (AvgIpc) is 3.30. The van der Waals surface area contributed by atoms with E-state index in [9.17, 15) is 34.8 Å². The van der Waals surface area contributed by atoms with E-state index in [1.54, 1.807) is 0 Å². The summed E-state index contributed by atoms with van der Waals surface area (Å²) in [5.41, 5.74) is -0.892. The fourth-order valence-corrected chi connectivity index (χ4v) is 7.48. The molecule has 9 nitrogen and oxygen atoms in total. The number of ketones is 3. The molecule has 0 amide bonds.